The standard InChI is InChI=1S/C12H16FNO/c1-7-5-6-8(12(2,3)4)10(13)9(7)11(14)15/h5-6H,1-4H3,(H2,14,15). The zero-order valence-corrected chi connectivity index (χ0v) is 9.52. The Balaban J connectivity index is 3.49. The molecule has 0 radical (unpaired) electrons. The molecular weight excluding hydrogens is 193 g/mol. The molecule has 0 aromatic heterocycles. The smallest absolute Gasteiger partial charge is 0.251 e. The molecule has 2 nitrogen and oxygen atoms in total. The van der Waals surface area contributed by atoms with Gasteiger partial charge in [-0.3, -0.25) is 4.79 Å². The van der Waals surface area contributed by atoms with Gasteiger partial charge in [0, 0.05) is 0 Å². The molecule has 0 bridgehead atoms. The lowest BCUT2D eigenvalue weighted by molar-refractivity contribution is 0.0995. The van der Waals surface area contributed by atoms with E-state index in [9.17, 15) is 9.18 Å². The third-order valence-corrected chi connectivity index (χ3v) is 2.40. The molecule has 0 aliphatic rings. The molecule has 0 aliphatic carbocycles. The van der Waals surface area contributed by atoms with Gasteiger partial charge in [-0.15, -0.1) is 0 Å². The molecule has 2 N–H and O–H groups in total. The molecule has 0 saturated heterocycles. The van der Waals surface area contributed by atoms with Crippen molar-refractivity contribution in [1.82, 2.24) is 0 Å². The zero-order chi connectivity index (χ0) is 11.8. The van der Waals surface area contributed by atoms with Crippen LogP contribution in [0.3, 0.4) is 0 Å². The summed E-state index contributed by atoms with van der Waals surface area (Å²) in [5, 5.41) is 0. The van der Waals surface area contributed by atoms with Crippen LogP contribution in [0.2, 0.25) is 0 Å². The maximum absolute atomic E-state index is 14.0. The molecule has 1 aromatic carbocycles. The van der Waals surface area contributed by atoms with Gasteiger partial charge in [0.05, 0.1) is 5.56 Å². The average molecular weight is 209 g/mol. The molecule has 0 spiro atoms. The lowest BCUT2D eigenvalue weighted by atomic mass is 9.84. The zero-order valence-electron chi connectivity index (χ0n) is 9.52. The predicted molar refractivity (Wildman–Crippen MR) is 58.4 cm³/mol. The van der Waals surface area contributed by atoms with E-state index in [-0.39, 0.29) is 11.0 Å². The van der Waals surface area contributed by atoms with Gasteiger partial charge in [-0.1, -0.05) is 32.9 Å². The molecule has 0 fully saturated rings. The first-order valence-corrected chi connectivity index (χ1v) is 4.84. The van der Waals surface area contributed by atoms with Crippen molar-refractivity contribution in [2.24, 2.45) is 5.73 Å². The molecule has 0 aliphatic heterocycles. The number of amides is 1. The quantitative estimate of drug-likeness (QED) is 0.758. The second-order valence-corrected chi connectivity index (χ2v) is 4.73. The van der Waals surface area contributed by atoms with Crippen LogP contribution in [0.25, 0.3) is 0 Å². The maximum Gasteiger partial charge on any atom is 0.251 e. The van der Waals surface area contributed by atoms with Crippen molar-refractivity contribution in [3.05, 3.63) is 34.6 Å². The van der Waals surface area contributed by atoms with Gasteiger partial charge in [-0.2, -0.15) is 0 Å². The highest BCUT2D eigenvalue weighted by Crippen LogP contribution is 2.28. The molecule has 1 amide bonds. The van der Waals surface area contributed by atoms with E-state index in [4.69, 9.17) is 5.73 Å². The molecule has 0 heterocycles. The first-order chi connectivity index (χ1) is 6.75. The minimum Gasteiger partial charge on any atom is -0.365 e. The Bertz CT molecular complexity index is 405. The topological polar surface area (TPSA) is 43.1 Å². The molecular formula is C12H16FNO. The first-order valence-electron chi connectivity index (χ1n) is 4.84. The Hall–Kier alpha value is -1.38. The summed E-state index contributed by atoms with van der Waals surface area (Å²) in [6.07, 6.45) is 0. The molecule has 15 heavy (non-hydrogen) atoms. The summed E-state index contributed by atoms with van der Waals surface area (Å²) in [4.78, 5) is 11.1. The SMILES string of the molecule is Cc1ccc(C(C)(C)C)c(F)c1C(N)=O. The summed E-state index contributed by atoms with van der Waals surface area (Å²) in [6, 6.07) is 3.43. The molecule has 1 aromatic rings. The Morgan fingerprint density at radius 2 is 1.87 bits per heavy atom. The summed E-state index contributed by atoms with van der Waals surface area (Å²) < 4.78 is 14.0. The van der Waals surface area contributed by atoms with Crippen molar-refractivity contribution in [2.45, 2.75) is 33.1 Å². The molecule has 82 valence electrons. The Kier molecular flexibility index (Phi) is 2.84. The second kappa shape index (κ2) is 3.65. The Morgan fingerprint density at radius 1 is 1.33 bits per heavy atom. The van der Waals surface area contributed by atoms with Crippen LogP contribution in [-0.2, 0) is 5.41 Å². The van der Waals surface area contributed by atoms with E-state index in [1.807, 2.05) is 20.8 Å². The fourth-order valence-electron chi connectivity index (χ4n) is 1.55. The largest absolute Gasteiger partial charge is 0.365 e. The fraction of sp³-hybridized carbons (Fsp3) is 0.417. The highest BCUT2D eigenvalue weighted by Gasteiger charge is 2.23. The number of aryl methyl sites for hydroxylation is 1. The molecule has 0 saturated carbocycles. The summed E-state index contributed by atoms with van der Waals surface area (Å²) in [5.74, 6) is -1.20. The van der Waals surface area contributed by atoms with Crippen LogP contribution in [0.15, 0.2) is 12.1 Å². The summed E-state index contributed by atoms with van der Waals surface area (Å²) in [5.41, 5.74) is 5.91. The third-order valence-electron chi connectivity index (χ3n) is 2.40. The third kappa shape index (κ3) is 2.17. The second-order valence-electron chi connectivity index (χ2n) is 4.73. The number of hydrogen-bond donors (Lipinski definition) is 1. The van der Waals surface area contributed by atoms with Crippen LogP contribution >= 0.6 is 0 Å². The number of carbonyl (C=O) groups excluding carboxylic acids is 1. The lowest BCUT2D eigenvalue weighted by Gasteiger charge is -2.21. The fourth-order valence-corrected chi connectivity index (χ4v) is 1.55. The van der Waals surface area contributed by atoms with Gasteiger partial charge in [0.15, 0.2) is 0 Å². The van der Waals surface area contributed by atoms with Crippen molar-refractivity contribution in [1.29, 1.82) is 0 Å². The van der Waals surface area contributed by atoms with Crippen molar-refractivity contribution in [3.63, 3.8) is 0 Å². The Labute approximate surface area is 89.3 Å². The highest BCUT2D eigenvalue weighted by molar-refractivity contribution is 5.94. The summed E-state index contributed by atoms with van der Waals surface area (Å²) >= 11 is 0. The molecule has 0 unspecified atom stereocenters. The van der Waals surface area contributed by atoms with Gasteiger partial charge in [-0.05, 0) is 23.5 Å². The first kappa shape index (κ1) is 11.7. The number of rotatable bonds is 1. The monoisotopic (exact) mass is 209 g/mol. The lowest BCUT2D eigenvalue weighted by Crippen LogP contribution is -2.20. The van der Waals surface area contributed by atoms with E-state index in [0.29, 0.717) is 11.1 Å². The van der Waals surface area contributed by atoms with Crippen LogP contribution in [0, 0.1) is 12.7 Å². The number of halogens is 1. The highest BCUT2D eigenvalue weighted by atomic mass is 19.1. The minimum atomic E-state index is -0.712. The number of benzene rings is 1. The normalized spacial score (nSPS) is 11.5. The van der Waals surface area contributed by atoms with E-state index < -0.39 is 11.7 Å². The molecule has 3 heteroatoms. The molecule has 0 atom stereocenters. The molecule has 1 rings (SSSR count). The Morgan fingerprint density at radius 3 is 2.27 bits per heavy atom. The average Bonchev–Trinajstić information content (AvgIpc) is 2.00. The van der Waals surface area contributed by atoms with E-state index in [0.717, 1.165) is 0 Å². The summed E-state index contributed by atoms with van der Waals surface area (Å²) in [7, 11) is 0. The van der Waals surface area contributed by atoms with Crippen LogP contribution in [-0.4, -0.2) is 5.91 Å². The minimum absolute atomic E-state index is 0.00225. The van der Waals surface area contributed by atoms with Crippen molar-refractivity contribution >= 4 is 5.91 Å². The maximum atomic E-state index is 14.0. The van der Waals surface area contributed by atoms with Crippen molar-refractivity contribution < 1.29 is 9.18 Å². The van der Waals surface area contributed by atoms with E-state index >= 15 is 0 Å². The van der Waals surface area contributed by atoms with E-state index in [1.54, 1.807) is 19.1 Å². The van der Waals surface area contributed by atoms with Gasteiger partial charge < -0.3 is 5.73 Å². The van der Waals surface area contributed by atoms with Crippen LogP contribution in [0.1, 0.15) is 42.3 Å². The van der Waals surface area contributed by atoms with Gasteiger partial charge in [0.2, 0.25) is 0 Å². The van der Waals surface area contributed by atoms with Gasteiger partial charge in [-0.25, -0.2) is 4.39 Å². The predicted octanol–water partition coefficient (Wildman–Crippen LogP) is 2.53. The van der Waals surface area contributed by atoms with Gasteiger partial charge in [0.1, 0.15) is 5.82 Å². The van der Waals surface area contributed by atoms with Crippen LogP contribution in [0.5, 0.6) is 0 Å². The number of nitrogens with two attached hydrogens (primary N) is 1. The van der Waals surface area contributed by atoms with Crippen molar-refractivity contribution in [3.8, 4) is 0 Å². The van der Waals surface area contributed by atoms with Crippen LogP contribution < -0.4 is 5.73 Å². The van der Waals surface area contributed by atoms with E-state index in [2.05, 4.69) is 0 Å². The number of primary amides is 1. The van der Waals surface area contributed by atoms with Gasteiger partial charge >= 0.3 is 0 Å². The summed E-state index contributed by atoms with van der Waals surface area (Å²) in [6.45, 7) is 7.36. The number of carbonyl (C=O) groups is 1. The number of hydrogen-bond acceptors (Lipinski definition) is 1. The van der Waals surface area contributed by atoms with E-state index in [1.165, 1.54) is 0 Å². The van der Waals surface area contributed by atoms with Gasteiger partial charge in [0.25, 0.3) is 5.91 Å². The van der Waals surface area contributed by atoms with Crippen LogP contribution in [0.4, 0.5) is 4.39 Å². The van der Waals surface area contributed by atoms with Crippen molar-refractivity contribution in [2.75, 3.05) is 0 Å².